The minimum absolute atomic E-state index is 0.0408. The van der Waals surface area contributed by atoms with E-state index in [-0.39, 0.29) is 11.8 Å². The predicted octanol–water partition coefficient (Wildman–Crippen LogP) is 0.496. The van der Waals surface area contributed by atoms with Gasteiger partial charge in [-0.3, -0.25) is 4.79 Å². The first-order chi connectivity index (χ1) is 5.59. The zero-order chi connectivity index (χ0) is 9.14. The fourth-order valence-corrected chi connectivity index (χ4v) is 1.51. The lowest BCUT2D eigenvalue weighted by molar-refractivity contribution is -0.121. The van der Waals surface area contributed by atoms with Gasteiger partial charge in [-0.2, -0.15) is 0 Å². The molecule has 0 bridgehead atoms. The smallest absolute Gasteiger partial charge is 0.221 e. The first-order valence-corrected chi connectivity index (χ1v) is 4.62. The zero-order valence-corrected chi connectivity index (χ0v) is 7.84. The number of nitrogens with two attached hydrogens (primary N) is 1. The number of amides is 1. The Kier molecular flexibility index (Phi) is 3.09. The second kappa shape index (κ2) is 3.90. The van der Waals surface area contributed by atoms with Gasteiger partial charge in [-0.25, -0.2) is 0 Å². The van der Waals surface area contributed by atoms with Gasteiger partial charge in [0, 0.05) is 18.5 Å². The van der Waals surface area contributed by atoms with Gasteiger partial charge in [0.1, 0.15) is 0 Å². The maximum atomic E-state index is 10.7. The Labute approximate surface area is 73.7 Å². The van der Waals surface area contributed by atoms with Crippen LogP contribution in [0.3, 0.4) is 0 Å². The fourth-order valence-electron chi connectivity index (χ4n) is 1.51. The highest BCUT2D eigenvalue weighted by Gasteiger charge is 2.25. The molecular formula is C9H18N2O. The molecule has 1 unspecified atom stereocenters. The van der Waals surface area contributed by atoms with E-state index in [0.717, 1.165) is 12.5 Å². The van der Waals surface area contributed by atoms with Crippen LogP contribution in [0.4, 0.5) is 0 Å². The van der Waals surface area contributed by atoms with Crippen LogP contribution >= 0.6 is 0 Å². The van der Waals surface area contributed by atoms with E-state index in [1.807, 2.05) is 6.92 Å². The van der Waals surface area contributed by atoms with E-state index in [1.54, 1.807) is 0 Å². The molecule has 1 amide bonds. The molecule has 3 N–H and O–H groups in total. The molecule has 1 atom stereocenters. The van der Waals surface area contributed by atoms with Crippen LogP contribution in [0.1, 0.15) is 26.7 Å². The van der Waals surface area contributed by atoms with Gasteiger partial charge in [0.05, 0.1) is 0 Å². The number of hydrogen-bond donors (Lipinski definition) is 2. The maximum absolute atomic E-state index is 10.7. The van der Waals surface area contributed by atoms with E-state index in [4.69, 9.17) is 5.73 Å². The lowest BCUT2D eigenvalue weighted by Gasteiger charge is -2.34. The standard InChI is InChI=1S/C9H18N2O/c1-6-3-8(4-6)11-5-7(2)9(10)12/h6-8,11H,3-5H2,1-2H3,(H2,10,12). The van der Waals surface area contributed by atoms with Crippen molar-refractivity contribution in [2.75, 3.05) is 6.54 Å². The molecule has 3 heteroatoms. The van der Waals surface area contributed by atoms with Crippen molar-refractivity contribution in [3.63, 3.8) is 0 Å². The summed E-state index contributed by atoms with van der Waals surface area (Å²) in [6.45, 7) is 4.83. The van der Waals surface area contributed by atoms with Gasteiger partial charge in [0.2, 0.25) is 5.91 Å². The Morgan fingerprint density at radius 3 is 2.67 bits per heavy atom. The third-order valence-corrected chi connectivity index (χ3v) is 2.57. The molecule has 0 aromatic heterocycles. The van der Waals surface area contributed by atoms with E-state index in [1.165, 1.54) is 12.8 Å². The largest absolute Gasteiger partial charge is 0.369 e. The number of carbonyl (C=O) groups is 1. The third-order valence-electron chi connectivity index (χ3n) is 2.57. The average Bonchev–Trinajstić information content (AvgIpc) is 1.95. The molecule has 1 aliphatic carbocycles. The van der Waals surface area contributed by atoms with Crippen molar-refractivity contribution in [1.82, 2.24) is 5.32 Å². The molecule has 0 saturated heterocycles. The average molecular weight is 170 g/mol. The summed E-state index contributed by atoms with van der Waals surface area (Å²) in [5.74, 6) is 0.599. The first kappa shape index (κ1) is 9.52. The first-order valence-electron chi connectivity index (χ1n) is 4.62. The van der Waals surface area contributed by atoms with Crippen molar-refractivity contribution < 1.29 is 4.79 Å². The maximum Gasteiger partial charge on any atom is 0.221 e. The van der Waals surface area contributed by atoms with Crippen LogP contribution in [0.15, 0.2) is 0 Å². The quantitative estimate of drug-likeness (QED) is 0.645. The van der Waals surface area contributed by atoms with Crippen LogP contribution in [0.2, 0.25) is 0 Å². The summed E-state index contributed by atoms with van der Waals surface area (Å²) in [6, 6.07) is 0.627. The number of primary amides is 1. The molecule has 1 fully saturated rings. The van der Waals surface area contributed by atoms with Gasteiger partial charge in [0.15, 0.2) is 0 Å². The molecule has 0 aromatic rings. The number of rotatable bonds is 4. The third kappa shape index (κ3) is 2.48. The van der Waals surface area contributed by atoms with Crippen LogP contribution in [0.5, 0.6) is 0 Å². The van der Waals surface area contributed by atoms with E-state index < -0.39 is 0 Å². The summed E-state index contributed by atoms with van der Waals surface area (Å²) in [4.78, 5) is 10.7. The van der Waals surface area contributed by atoms with Crippen LogP contribution in [-0.4, -0.2) is 18.5 Å². The van der Waals surface area contributed by atoms with Crippen LogP contribution in [0.25, 0.3) is 0 Å². The van der Waals surface area contributed by atoms with Gasteiger partial charge in [-0.15, -0.1) is 0 Å². The Morgan fingerprint density at radius 2 is 2.25 bits per heavy atom. The molecule has 12 heavy (non-hydrogen) atoms. The fraction of sp³-hybridized carbons (Fsp3) is 0.889. The van der Waals surface area contributed by atoms with E-state index in [9.17, 15) is 4.79 Å². The van der Waals surface area contributed by atoms with Gasteiger partial charge < -0.3 is 11.1 Å². The molecule has 1 aliphatic rings. The summed E-state index contributed by atoms with van der Waals surface area (Å²) < 4.78 is 0. The highest BCUT2D eigenvalue weighted by molar-refractivity contribution is 5.76. The summed E-state index contributed by atoms with van der Waals surface area (Å²) >= 11 is 0. The minimum atomic E-state index is -0.213. The van der Waals surface area contributed by atoms with Gasteiger partial charge >= 0.3 is 0 Å². The summed E-state index contributed by atoms with van der Waals surface area (Å²) in [6.07, 6.45) is 2.48. The number of carbonyl (C=O) groups excluding carboxylic acids is 1. The van der Waals surface area contributed by atoms with Crippen molar-refractivity contribution in [1.29, 1.82) is 0 Å². The van der Waals surface area contributed by atoms with E-state index in [2.05, 4.69) is 12.2 Å². The highest BCUT2D eigenvalue weighted by Crippen LogP contribution is 2.26. The highest BCUT2D eigenvalue weighted by atomic mass is 16.1. The molecular weight excluding hydrogens is 152 g/mol. The second-order valence-electron chi connectivity index (χ2n) is 3.99. The molecule has 0 aromatic carbocycles. The van der Waals surface area contributed by atoms with Crippen molar-refractivity contribution in [3.05, 3.63) is 0 Å². The monoisotopic (exact) mass is 170 g/mol. The Hall–Kier alpha value is -0.570. The molecule has 1 saturated carbocycles. The number of hydrogen-bond acceptors (Lipinski definition) is 2. The molecule has 0 spiro atoms. The molecule has 3 nitrogen and oxygen atoms in total. The normalized spacial score (nSPS) is 30.8. The summed E-state index contributed by atoms with van der Waals surface area (Å²) in [7, 11) is 0. The lowest BCUT2D eigenvalue weighted by atomic mass is 9.82. The number of nitrogens with one attached hydrogen (secondary N) is 1. The molecule has 0 radical (unpaired) electrons. The zero-order valence-electron chi connectivity index (χ0n) is 7.84. The van der Waals surface area contributed by atoms with E-state index >= 15 is 0 Å². The van der Waals surface area contributed by atoms with Crippen LogP contribution in [-0.2, 0) is 4.79 Å². The Morgan fingerprint density at radius 1 is 1.67 bits per heavy atom. The van der Waals surface area contributed by atoms with Crippen molar-refractivity contribution in [2.24, 2.45) is 17.6 Å². The second-order valence-corrected chi connectivity index (χ2v) is 3.99. The van der Waals surface area contributed by atoms with Gasteiger partial charge in [-0.1, -0.05) is 13.8 Å². The van der Waals surface area contributed by atoms with E-state index in [0.29, 0.717) is 6.04 Å². The molecule has 1 rings (SSSR count). The van der Waals surface area contributed by atoms with Gasteiger partial charge in [0.25, 0.3) is 0 Å². The molecule has 0 heterocycles. The minimum Gasteiger partial charge on any atom is -0.369 e. The van der Waals surface area contributed by atoms with Crippen LogP contribution < -0.4 is 11.1 Å². The predicted molar refractivity (Wildman–Crippen MR) is 48.5 cm³/mol. The molecule has 0 aliphatic heterocycles. The topological polar surface area (TPSA) is 55.1 Å². The van der Waals surface area contributed by atoms with Crippen molar-refractivity contribution in [2.45, 2.75) is 32.7 Å². The summed E-state index contributed by atoms with van der Waals surface area (Å²) in [5, 5.41) is 3.33. The lowest BCUT2D eigenvalue weighted by Crippen LogP contribution is -2.43. The Bertz CT molecular complexity index is 164. The van der Waals surface area contributed by atoms with Crippen molar-refractivity contribution >= 4 is 5.91 Å². The van der Waals surface area contributed by atoms with Crippen LogP contribution in [0, 0.1) is 11.8 Å². The SMILES string of the molecule is CC1CC(NCC(C)C(N)=O)C1. The summed E-state index contributed by atoms with van der Waals surface area (Å²) in [5.41, 5.74) is 5.13. The van der Waals surface area contributed by atoms with Gasteiger partial charge in [-0.05, 0) is 18.8 Å². The van der Waals surface area contributed by atoms with Crippen molar-refractivity contribution in [3.8, 4) is 0 Å². The Balaban J connectivity index is 2.06. The molecule has 70 valence electrons.